The number of halogens is 1. The Morgan fingerprint density at radius 2 is 1.88 bits per heavy atom. The number of nitrogens with zero attached hydrogens (tertiary/aromatic N) is 4. The lowest BCUT2D eigenvalue weighted by Gasteiger charge is -2.48. The van der Waals surface area contributed by atoms with Crippen molar-refractivity contribution in [1.29, 1.82) is 0 Å². The monoisotopic (exact) mass is 348 g/mol. The standard InChI is InChI=1S/C20H17FN4O/c1-20-12-4-7-17(26)24(20)16-6-3-2-5-15(16)19-22-18(23-25(19)20)13-8-10-14(21)11-9-13/h2-3,5-6,8-11H,4,7,12H2,1H3. The van der Waals surface area contributed by atoms with Crippen LogP contribution in [0.4, 0.5) is 10.1 Å². The van der Waals surface area contributed by atoms with E-state index in [0.717, 1.165) is 35.5 Å². The minimum atomic E-state index is -0.579. The van der Waals surface area contributed by atoms with Gasteiger partial charge in [-0.3, -0.25) is 9.69 Å². The second-order valence-corrected chi connectivity index (χ2v) is 6.99. The Labute approximate surface area is 150 Å². The second kappa shape index (κ2) is 5.24. The minimum Gasteiger partial charge on any atom is -0.286 e. The van der Waals surface area contributed by atoms with Gasteiger partial charge >= 0.3 is 0 Å². The van der Waals surface area contributed by atoms with Gasteiger partial charge in [0, 0.05) is 17.5 Å². The van der Waals surface area contributed by atoms with E-state index in [4.69, 9.17) is 10.1 Å². The number of fused-ring (bicyclic) bond motifs is 6. The molecule has 5 rings (SSSR count). The molecule has 1 unspecified atom stereocenters. The Hall–Kier alpha value is -3.02. The van der Waals surface area contributed by atoms with Gasteiger partial charge in [0.05, 0.1) is 5.69 Å². The van der Waals surface area contributed by atoms with E-state index in [1.807, 2.05) is 40.8 Å². The number of rotatable bonds is 1. The van der Waals surface area contributed by atoms with E-state index < -0.39 is 5.66 Å². The highest BCUT2D eigenvalue weighted by molar-refractivity contribution is 6.00. The first kappa shape index (κ1) is 15.3. The summed E-state index contributed by atoms with van der Waals surface area (Å²) in [5.74, 6) is 1.10. The maximum Gasteiger partial charge on any atom is 0.228 e. The summed E-state index contributed by atoms with van der Waals surface area (Å²) in [5.41, 5.74) is 1.94. The third kappa shape index (κ3) is 1.98. The van der Waals surface area contributed by atoms with Gasteiger partial charge < -0.3 is 0 Å². The molecule has 2 aromatic carbocycles. The first-order chi connectivity index (χ1) is 12.6. The number of anilines is 1. The molecule has 3 aromatic rings. The van der Waals surface area contributed by atoms with E-state index >= 15 is 0 Å². The van der Waals surface area contributed by atoms with Crippen molar-refractivity contribution >= 4 is 11.6 Å². The molecule has 130 valence electrons. The number of para-hydroxylation sites is 1. The third-order valence-corrected chi connectivity index (χ3v) is 5.32. The predicted molar refractivity (Wildman–Crippen MR) is 95.8 cm³/mol. The molecule has 1 saturated heterocycles. The minimum absolute atomic E-state index is 0.107. The van der Waals surface area contributed by atoms with Crippen molar-refractivity contribution in [2.75, 3.05) is 4.90 Å². The molecule has 26 heavy (non-hydrogen) atoms. The average Bonchev–Trinajstić information content (AvgIpc) is 3.09. The smallest absolute Gasteiger partial charge is 0.228 e. The molecule has 0 aliphatic carbocycles. The second-order valence-electron chi connectivity index (χ2n) is 6.99. The van der Waals surface area contributed by atoms with Crippen molar-refractivity contribution in [3.63, 3.8) is 0 Å². The van der Waals surface area contributed by atoms with Crippen LogP contribution in [0.5, 0.6) is 0 Å². The first-order valence-electron chi connectivity index (χ1n) is 8.74. The Kier molecular flexibility index (Phi) is 3.07. The lowest BCUT2D eigenvalue weighted by Crippen LogP contribution is -2.57. The molecule has 0 saturated carbocycles. The zero-order valence-corrected chi connectivity index (χ0v) is 14.3. The van der Waals surface area contributed by atoms with Crippen LogP contribution in [-0.2, 0) is 10.5 Å². The molecule has 3 heterocycles. The Bertz CT molecular complexity index is 1030. The molecule has 6 heteroatoms. The lowest BCUT2D eigenvalue weighted by atomic mass is 9.91. The summed E-state index contributed by atoms with van der Waals surface area (Å²) in [4.78, 5) is 19.4. The van der Waals surface area contributed by atoms with E-state index in [2.05, 4.69) is 0 Å². The Balaban J connectivity index is 1.76. The van der Waals surface area contributed by atoms with Crippen molar-refractivity contribution in [3.8, 4) is 22.8 Å². The van der Waals surface area contributed by atoms with E-state index in [0.29, 0.717) is 12.2 Å². The number of amides is 1. The summed E-state index contributed by atoms with van der Waals surface area (Å²) < 4.78 is 15.1. The van der Waals surface area contributed by atoms with E-state index in [9.17, 15) is 9.18 Å². The van der Waals surface area contributed by atoms with Crippen LogP contribution < -0.4 is 4.90 Å². The number of aromatic nitrogens is 3. The van der Waals surface area contributed by atoms with Crippen LogP contribution in [0.3, 0.4) is 0 Å². The highest BCUT2D eigenvalue weighted by Crippen LogP contribution is 2.47. The molecule has 0 bridgehead atoms. The molecule has 2 aliphatic heterocycles. The van der Waals surface area contributed by atoms with Crippen LogP contribution in [0, 0.1) is 5.82 Å². The van der Waals surface area contributed by atoms with Gasteiger partial charge in [0.1, 0.15) is 11.5 Å². The molecule has 1 amide bonds. The van der Waals surface area contributed by atoms with Gasteiger partial charge in [0.15, 0.2) is 11.6 Å². The number of carbonyl (C=O) groups excluding carboxylic acids is 1. The van der Waals surface area contributed by atoms with Gasteiger partial charge in [-0.25, -0.2) is 14.1 Å². The largest absolute Gasteiger partial charge is 0.286 e. The van der Waals surface area contributed by atoms with Crippen molar-refractivity contribution in [2.45, 2.75) is 31.8 Å². The summed E-state index contributed by atoms with van der Waals surface area (Å²) in [6.45, 7) is 2.03. The Morgan fingerprint density at radius 1 is 1.12 bits per heavy atom. The van der Waals surface area contributed by atoms with Gasteiger partial charge in [0.2, 0.25) is 5.91 Å². The molecule has 1 atom stereocenters. The fourth-order valence-corrected chi connectivity index (χ4v) is 4.06. The molecule has 1 aromatic heterocycles. The molecule has 0 radical (unpaired) electrons. The molecule has 2 aliphatic rings. The summed E-state index contributed by atoms with van der Waals surface area (Å²) in [6, 6.07) is 14.0. The quantitative estimate of drug-likeness (QED) is 0.669. The van der Waals surface area contributed by atoms with Crippen LogP contribution in [0.25, 0.3) is 22.8 Å². The van der Waals surface area contributed by atoms with Crippen LogP contribution in [0.15, 0.2) is 48.5 Å². The number of piperidine rings is 1. The molecular weight excluding hydrogens is 331 g/mol. The summed E-state index contributed by atoms with van der Waals surface area (Å²) in [7, 11) is 0. The third-order valence-electron chi connectivity index (χ3n) is 5.32. The predicted octanol–water partition coefficient (Wildman–Crippen LogP) is 3.95. The van der Waals surface area contributed by atoms with E-state index in [-0.39, 0.29) is 11.7 Å². The number of carbonyl (C=O) groups is 1. The summed E-state index contributed by atoms with van der Waals surface area (Å²) in [6.07, 6.45) is 2.17. The number of hydrogen-bond acceptors (Lipinski definition) is 3. The molecule has 5 nitrogen and oxygen atoms in total. The van der Waals surface area contributed by atoms with Crippen LogP contribution >= 0.6 is 0 Å². The molecule has 0 N–H and O–H groups in total. The highest BCUT2D eigenvalue weighted by Gasteiger charge is 2.47. The van der Waals surface area contributed by atoms with Gasteiger partial charge in [0.25, 0.3) is 0 Å². The number of benzene rings is 2. The molecule has 1 fully saturated rings. The van der Waals surface area contributed by atoms with Gasteiger partial charge in [-0.15, -0.1) is 5.10 Å². The topological polar surface area (TPSA) is 51.0 Å². The van der Waals surface area contributed by atoms with Gasteiger partial charge in [-0.1, -0.05) is 12.1 Å². The van der Waals surface area contributed by atoms with Gasteiger partial charge in [-0.05, 0) is 56.2 Å². The van der Waals surface area contributed by atoms with Crippen molar-refractivity contribution < 1.29 is 9.18 Å². The van der Waals surface area contributed by atoms with Gasteiger partial charge in [-0.2, -0.15) is 0 Å². The number of hydrogen-bond donors (Lipinski definition) is 0. The van der Waals surface area contributed by atoms with Crippen LogP contribution in [0.2, 0.25) is 0 Å². The van der Waals surface area contributed by atoms with E-state index in [1.54, 1.807) is 12.1 Å². The maximum atomic E-state index is 13.3. The fraction of sp³-hybridized carbons (Fsp3) is 0.250. The lowest BCUT2D eigenvalue weighted by molar-refractivity contribution is -0.122. The first-order valence-corrected chi connectivity index (χ1v) is 8.74. The maximum absolute atomic E-state index is 13.3. The summed E-state index contributed by atoms with van der Waals surface area (Å²) >= 11 is 0. The van der Waals surface area contributed by atoms with E-state index in [1.165, 1.54) is 12.1 Å². The fourth-order valence-electron chi connectivity index (χ4n) is 4.06. The molecule has 0 spiro atoms. The van der Waals surface area contributed by atoms with Crippen LogP contribution in [-0.4, -0.2) is 20.7 Å². The highest BCUT2D eigenvalue weighted by atomic mass is 19.1. The zero-order valence-electron chi connectivity index (χ0n) is 14.3. The zero-order chi connectivity index (χ0) is 17.9. The normalized spacial score (nSPS) is 21.2. The van der Waals surface area contributed by atoms with Crippen molar-refractivity contribution in [3.05, 3.63) is 54.3 Å². The average molecular weight is 348 g/mol. The van der Waals surface area contributed by atoms with Crippen molar-refractivity contribution in [2.24, 2.45) is 0 Å². The van der Waals surface area contributed by atoms with Crippen molar-refractivity contribution in [1.82, 2.24) is 14.8 Å². The molecular formula is C20H17FN4O. The SMILES string of the molecule is CC12CCCC(=O)N1c1ccccc1-c1nc(-c3ccc(F)cc3)nn12. The van der Waals surface area contributed by atoms with Crippen LogP contribution in [0.1, 0.15) is 26.2 Å². The Morgan fingerprint density at radius 3 is 2.69 bits per heavy atom. The summed E-state index contributed by atoms with van der Waals surface area (Å²) in [5, 5.41) is 4.73.